The van der Waals surface area contributed by atoms with Gasteiger partial charge in [0.25, 0.3) is 0 Å². The molecular formula is C10H21N3O4. The third-order valence-corrected chi connectivity index (χ3v) is 1.55. The van der Waals surface area contributed by atoms with Gasteiger partial charge in [-0.05, 0) is 33.6 Å². The molecule has 0 aromatic rings. The average Bonchev–Trinajstić information content (AvgIpc) is 2.08. The van der Waals surface area contributed by atoms with Crippen molar-refractivity contribution in [1.82, 2.24) is 5.32 Å². The van der Waals surface area contributed by atoms with E-state index in [2.05, 4.69) is 10.1 Å². The van der Waals surface area contributed by atoms with E-state index in [4.69, 9.17) is 16.2 Å². The third-order valence-electron chi connectivity index (χ3n) is 1.55. The number of alkyl carbamates (subject to hydrolysis) is 1. The number of carbonyl (C=O) groups excluding carboxylic acids is 2. The van der Waals surface area contributed by atoms with Crippen LogP contribution in [-0.2, 0) is 9.47 Å². The van der Waals surface area contributed by atoms with Crippen LogP contribution in [0.2, 0.25) is 0 Å². The second kappa shape index (κ2) is 7.08. The topological polar surface area (TPSA) is 117 Å². The van der Waals surface area contributed by atoms with Crippen LogP contribution in [0, 0.1) is 0 Å². The van der Waals surface area contributed by atoms with Crippen molar-refractivity contribution in [1.29, 1.82) is 0 Å². The summed E-state index contributed by atoms with van der Waals surface area (Å²) in [6.07, 6.45) is -1.08. The Bertz CT molecular complexity index is 261. The molecule has 7 heteroatoms. The fourth-order valence-corrected chi connectivity index (χ4v) is 0.911. The molecule has 0 aliphatic carbocycles. The summed E-state index contributed by atoms with van der Waals surface area (Å²) in [5.74, 6) is 0. The molecule has 0 radical (unpaired) electrons. The fraction of sp³-hybridized carbons (Fsp3) is 0.800. The Morgan fingerprint density at radius 1 is 1.29 bits per heavy atom. The number of hydrogen-bond donors (Lipinski definition) is 3. The average molecular weight is 247 g/mol. The molecule has 0 rings (SSSR count). The van der Waals surface area contributed by atoms with Crippen molar-refractivity contribution in [3.05, 3.63) is 0 Å². The van der Waals surface area contributed by atoms with Crippen molar-refractivity contribution < 1.29 is 19.1 Å². The fourth-order valence-electron chi connectivity index (χ4n) is 0.911. The molecule has 0 aromatic carbocycles. The van der Waals surface area contributed by atoms with Gasteiger partial charge in [-0.25, -0.2) is 9.59 Å². The lowest BCUT2D eigenvalue weighted by Gasteiger charge is -2.18. The zero-order chi connectivity index (χ0) is 13.5. The quantitative estimate of drug-likeness (QED) is 0.291. The van der Waals surface area contributed by atoms with Crippen molar-refractivity contribution in [3.63, 3.8) is 0 Å². The van der Waals surface area contributed by atoms with E-state index in [1.54, 1.807) is 20.8 Å². The number of ether oxygens (including phenoxy) is 2. The number of nitrogens with two attached hydrogens (primary N) is 2. The van der Waals surface area contributed by atoms with Gasteiger partial charge in [-0.3, -0.25) is 0 Å². The van der Waals surface area contributed by atoms with Gasteiger partial charge in [0.05, 0.1) is 6.17 Å². The molecule has 0 bridgehead atoms. The Balaban J connectivity index is 3.69. The molecule has 0 unspecified atom stereocenters. The number of hydrogen-bond acceptors (Lipinski definition) is 6. The van der Waals surface area contributed by atoms with Crippen LogP contribution in [0.3, 0.4) is 0 Å². The SMILES string of the molecule is CC(C)(C)OC(=O)OC(=O)NCCCC(N)N. The molecule has 0 aromatic heterocycles. The van der Waals surface area contributed by atoms with Crippen molar-refractivity contribution in [2.24, 2.45) is 11.5 Å². The highest BCUT2D eigenvalue weighted by Gasteiger charge is 2.19. The highest BCUT2D eigenvalue weighted by atomic mass is 16.8. The lowest BCUT2D eigenvalue weighted by atomic mass is 10.2. The first kappa shape index (κ1) is 15.7. The van der Waals surface area contributed by atoms with Crippen molar-refractivity contribution in [2.45, 2.75) is 45.4 Å². The van der Waals surface area contributed by atoms with Crippen LogP contribution in [0.1, 0.15) is 33.6 Å². The zero-order valence-electron chi connectivity index (χ0n) is 10.5. The molecule has 0 heterocycles. The molecule has 0 atom stereocenters. The van der Waals surface area contributed by atoms with Gasteiger partial charge in [0, 0.05) is 6.54 Å². The van der Waals surface area contributed by atoms with Crippen LogP contribution >= 0.6 is 0 Å². The number of carbonyl (C=O) groups is 2. The molecule has 0 saturated heterocycles. The summed E-state index contributed by atoms with van der Waals surface area (Å²) >= 11 is 0. The first-order valence-electron chi connectivity index (χ1n) is 5.40. The standard InChI is InChI=1S/C10H21N3O4/c1-10(2,3)17-9(15)16-8(14)13-6-4-5-7(11)12/h7H,4-6,11-12H2,1-3H3,(H,13,14). The van der Waals surface area contributed by atoms with Crippen LogP contribution in [-0.4, -0.2) is 30.6 Å². The molecule has 100 valence electrons. The highest BCUT2D eigenvalue weighted by Crippen LogP contribution is 2.07. The summed E-state index contributed by atoms with van der Waals surface area (Å²) in [7, 11) is 0. The highest BCUT2D eigenvalue weighted by molar-refractivity contribution is 5.80. The molecule has 5 N–H and O–H groups in total. The maximum absolute atomic E-state index is 11.1. The Morgan fingerprint density at radius 2 is 1.88 bits per heavy atom. The smallest absolute Gasteiger partial charge is 0.428 e. The van der Waals surface area contributed by atoms with Crippen LogP contribution < -0.4 is 16.8 Å². The molecule has 1 amide bonds. The first-order valence-corrected chi connectivity index (χ1v) is 5.40. The predicted octanol–water partition coefficient (Wildman–Crippen LogP) is 0.671. The second-order valence-electron chi connectivity index (χ2n) is 4.59. The summed E-state index contributed by atoms with van der Waals surface area (Å²) in [5, 5.41) is 2.38. The largest absolute Gasteiger partial charge is 0.517 e. The second-order valence-corrected chi connectivity index (χ2v) is 4.59. The van der Waals surface area contributed by atoms with Gasteiger partial charge in [0.1, 0.15) is 5.60 Å². The Hall–Kier alpha value is -1.34. The van der Waals surface area contributed by atoms with Crippen LogP contribution in [0.15, 0.2) is 0 Å². The molecule has 0 saturated carbocycles. The van der Waals surface area contributed by atoms with E-state index in [0.29, 0.717) is 19.4 Å². The van der Waals surface area contributed by atoms with E-state index >= 15 is 0 Å². The number of nitrogens with one attached hydrogen (secondary N) is 1. The van der Waals surface area contributed by atoms with Crippen LogP contribution in [0.25, 0.3) is 0 Å². The van der Waals surface area contributed by atoms with E-state index in [1.807, 2.05) is 0 Å². The summed E-state index contributed by atoms with van der Waals surface area (Å²) in [4.78, 5) is 22.2. The summed E-state index contributed by atoms with van der Waals surface area (Å²) in [6.45, 7) is 5.37. The molecule has 7 nitrogen and oxygen atoms in total. The van der Waals surface area contributed by atoms with E-state index < -0.39 is 24.0 Å². The van der Waals surface area contributed by atoms with Crippen LogP contribution in [0.5, 0.6) is 0 Å². The normalized spacial score (nSPS) is 11.2. The summed E-state index contributed by atoms with van der Waals surface area (Å²) in [5.41, 5.74) is 9.95. The minimum Gasteiger partial charge on any atom is -0.428 e. The Kier molecular flexibility index (Phi) is 6.52. The van der Waals surface area contributed by atoms with E-state index in [0.717, 1.165) is 0 Å². The van der Waals surface area contributed by atoms with Gasteiger partial charge < -0.3 is 26.3 Å². The number of rotatable bonds is 4. The Labute approximate surface area is 101 Å². The van der Waals surface area contributed by atoms with Crippen molar-refractivity contribution in [3.8, 4) is 0 Å². The van der Waals surface area contributed by atoms with Gasteiger partial charge in [-0.15, -0.1) is 0 Å². The molecule has 0 spiro atoms. The van der Waals surface area contributed by atoms with Crippen LogP contribution in [0.4, 0.5) is 9.59 Å². The maximum atomic E-state index is 11.1. The maximum Gasteiger partial charge on any atom is 0.517 e. The summed E-state index contributed by atoms with van der Waals surface area (Å²) in [6, 6.07) is 0. The minimum atomic E-state index is -1.02. The van der Waals surface area contributed by atoms with E-state index in [-0.39, 0.29) is 0 Å². The van der Waals surface area contributed by atoms with Gasteiger partial charge >= 0.3 is 12.2 Å². The monoisotopic (exact) mass is 247 g/mol. The van der Waals surface area contributed by atoms with Crippen molar-refractivity contribution in [2.75, 3.05) is 6.54 Å². The Morgan fingerprint density at radius 3 is 2.35 bits per heavy atom. The lowest BCUT2D eigenvalue weighted by molar-refractivity contribution is 0.00902. The molecule has 0 aliphatic rings. The third kappa shape index (κ3) is 10.9. The first-order chi connectivity index (χ1) is 7.70. The molecular weight excluding hydrogens is 226 g/mol. The number of amides is 1. The van der Waals surface area contributed by atoms with Crippen molar-refractivity contribution >= 4 is 12.2 Å². The van der Waals surface area contributed by atoms with Gasteiger partial charge in [0.15, 0.2) is 0 Å². The molecule has 0 fully saturated rings. The molecule has 0 aliphatic heterocycles. The van der Waals surface area contributed by atoms with Gasteiger partial charge in [-0.2, -0.15) is 0 Å². The molecule has 17 heavy (non-hydrogen) atoms. The minimum absolute atomic E-state index is 0.340. The lowest BCUT2D eigenvalue weighted by Crippen LogP contribution is -2.34. The van der Waals surface area contributed by atoms with E-state index in [9.17, 15) is 9.59 Å². The van der Waals surface area contributed by atoms with Gasteiger partial charge in [0.2, 0.25) is 0 Å². The predicted molar refractivity (Wildman–Crippen MR) is 62.1 cm³/mol. The van der Waals surface area contributed by atoms with Gasteiger partial charge in [-0.1, -0.05) is 0 Å². The zero-order valence-corrected chi connectivity index (χ0v) is 10.5. The summed E-state index contributed by atoms with van der Waals surface area (Å²) < 4.78 is 9.15. The van der Waals surface area contributed by atoms with E-state index in [1.165, 1.54) is 0 Å².